The Morgan fingerprint density at radius 1 is 1.06 bits per heavy atom. The van der Waals surface area contributed by atoms with Gasteiger partial charge >= 0.3 is 0 Å². The summed E-state index contributed by atoms with van der Waals surface area (Å²) in [4.78, 5) is 13.8. The van der Waals surface area contributed by atoms with Crippen molar-refractivity contribution in [2.45, 2.75) is 12.8 Å². The van der Waals surface area contributed by atoms with Gasteiger partial charge in [-0.1, -0.05) is 24.3 Å². The van der Waals surface area contributed by atoms with E-state index in [0.29, 0.717) is 30.7 Å². The molecule has 3 heterocycles. The Hall–Kier alpha value is -3.78. The van der Waals surface area contributed by atoms with Crippen LogP contribution in [0.5, 0.6) is 5.75 Å². The predicted molar refractivity (Wildman–Crippen MR) is 120 cm³/mol. The first-order valence-corrected chi connectivity index (χ1v) is 10.6. The van der Waals surface area contributed by atoms with Gasteiger partial charge in [0.1, 0.15) is 29.9 Å². The number of benzene rings is 1. The number of ether oxygens (including phenoxy) is 3. The molecule has 8 nitrogen and oxygen atoms in total. The molecule has 0 bridgehead atoms. The highest BCUT2D eigenvalue weighted by atomic mass is 16.5. The van der Waals surface area contributed by atoms with E-state index in [4.69, 9.17) is 24.2 Å². The third kappa shape index (κ3) is 4.31. The van der Waals surface area contributed by atoms with Gasteiger partial charge in [-0.15, -0.1) is 0 Å². The molecule has 2 aliphatic heterocycles. The van der Waals surface area contributed by atoms with E-state index < -0.39 is 0 Å². The second kappa shape index (κ2) is 9.15. The predicted octanol–water partition coefficient (Wildman–Crippen LogP) is 4.04. The molecule has 8 heteroatoms. The van der Waals surface area contributed by atoms with Gasteiger partial charge in [-0.05, 0) is 31.1 Å². The summed E-state index contributed by atoms with van der Waals surface area (Å²) in [6, 6.07) is 8.92. The lowest BCUT2D eigenvalue weighted by Gasteiger charge is -2.31. The smallest absolute Gasteiger partial charge is 0.241 e. The van der Waals surface area contributed by atoms with Crippen molar-refractivity contribution < 1.29 is 19.3 Å². The maximum atomic E-state index is 10.0. The standard InChI is InChI=1S/C24H24N4O4/c29-20-8-4-5-18(15-20)24-25-21(27-9-11-30-12-10-27)16-22(26-24)28(19-6-2-1-3-7-19)23-17-31-13-14-32-23/h1-2,4-6,8,13-17,29H,3,7,9-12H2. The molecule has 1 aromatic carbocycles. The summed E-state index contributed by atoms with van der Waals surface area (Å²) in [5.41, 5.74) is 1.76. The molecule has 1 aromatic heterocycles. The van der Waals surface area contributed by atoms with Gasteiger partial charge in [0.15, 0.2) is 12.1 Å². The number of aromatic nitrogens is 2. The second-order valence-electron chi connectivity index (χ2n) is 7.50. The third-order valence-electron chi connectivity index (χ3n) is 5.36. The molecule has 5 rings (SSSR count). The molecule has 1 saturated heterocycles. The van der Waals surface area contributed by atoms with Gasteiger partial charge in [-0.25, -0.2) is 9.97 Å². The van der Waals surface area contributed by atoms with E-state index in [1.54, 1.807) is 24.5 Å². The van der Waals surface area contributed by atoms with Crippen molar-refractivity contribution >= 4 is 11.6 Å². The molecule has 1 fully saturated rings. The van der Waals surface area contributed by atoms with E-state index in [9.17, 15) is 5.11 Å². The Balaban J connectivity index is 1.64. The van der Waals surface area contributed by atoms with Crippen LogP contribution in [0.15, 0.2) is 78.9 Å². The Kier molecular flexibility index (Phi) is 5.76. The van der Waals surface area contributed by atoms with Crippen LogP contribution in [0.3, 0.4) is 0 Å². The summed E-state index contributed by atoms with van der Waals surface area (Å²) in [6.45, 7) is 2.78. The molecular formula is C24H24N4O4. The first-order chi connectivity index (χ1) is 15.8. The highest BCUT2D eigenvalue weighted by molar-refractivity contribution is 5.66. The fourth-order valence-corrected chi connectivity index (χ4v) is 3.80. The molecule has 164 valence electrons. The van der Waals surface area contributed by atoms with Crippen molar-refractivity contribution in [3.05, 3.63) is 78.9 Å². The van der Waals surface area contributed by atoms with E-state index in [1.807, 2.05) is 23.1 Å². The molecule has 0 saturated carbocycles. The molecule has 1 aliphatic carbocycles. The minimum atomic E-state index is 0.165. The maximum Gasteiger partial charge on any atom is 0.241 e. The van der Waals surface area contributed by atoms with Gasteiger partial charge < -0.3 is 24.2 Å². The quantitative estimate of drug-likeness (QED) is 0.758. The monoisotopic (exact) mass is 432 g/mol. The molecule has 0 atom stereocenters. The van der Waals surface area contributed by atoms with Crippen molar-refractivity contribution in [3.63, 3.8) is 0 Å². The van der Waals surface area contributed by atoms with Crippen LogP contribution in [-0.2, 0) is 14.2 Å². The number of nitrogens with zero attached hydrogens (tertiary/aromatic N) is 4. The summed E-state index contributed by atoms with van der Waals surface area (Å²) >= 11 is 0. The number of phenolic OH excluding ortho intramolecular Hbond substituents is 1. The molecule has 0 unspecified atom stereocenters. The minimum Gasteiger partial charge on any atom is -0.508 e. The Bertz CT molecular complexity index is 1100. The average molecular weight is 432 g/mol. The van der Waals surface area contributed by atoms with Crippen LogP contribution in [0.2, 0.25) is 0 Å². The van der Waals surface area contributed by atoms with Gasteiger partial charge in [0.05, 0.1) is 13.2 Å². The zero-order valence-corrected chi connectivity index (χ0v) is 17.6. The number of hydrogen-bond donors (Lipinski definition) is 1. The number of phenols is 1. The second-order valence-corrected chi connectivity index (χ2v) is 7.50. The lowest BCUT2D eigenvalue weighted by Crippen LogP contribution is -2.37. The zero-order chi connectivity index (χ0) is 21.8. The Morgan fingerprint density at radius 3 is 2.72 bits per heavy atom. The first kappa shape index (κ1) is 20.1. The third-order valence-corrected chi connectivity index (χ3v) is 5.36. The van der Waals surface area contributed by atoms with Crippen molar-refractivity contribution in [2.24, 2.45) is 0 Å². The largest absolute Gasteiger partial charge is 0.508 e. The Morgan fingerprint density at radius 2 is 1.97 bits per heavy atom. The summed E-state index contributed by atoms with van der Waals surface area (Å²) in [5, 5.41) is 10.0. The van der Waals surface area contributed by atoms with Gasteiger partial charge in [-0.3, -0.25) is 4.90 Å². The fraction of sp³-hybridized carbons (Fsp3) is 0.250. The van der Waals surface area contributed by atoms with Crippen molar-refractivity contribution in [2.75, 3.05) is 36.1 Å². The van der Waals surface area contributed by atoms with E-state index in [0.717, 1.165) is 43.0 Å². The van der Waals surface area contributed by atoms with E-state index >= 15 is 0 Å². The normalized spacial score (nSPS) is 17.8. The lowest BCUT2D eigenvalue weighted by atomic mass is 10.1. The van der Waals surface area contributed by atoms with Crippen LogP contribution in [0.1, 0.15) is 12.8 Å². The number of aromatic hydroxyl groups is 1. The van der Waals surface area contributed by atoms with Crippen molar-refractivity contribution in [3.8, 4) is 17.1 Å². The maximum absolute atomic E-state index is 10.0. The van der Waals surface area contributed by atoms with E-state index in [1.165, 1.54) is 12.5 Å². The molecule has 32 heavy (non-hydrogen) atoms. The van der Waals surface area contributed by atoms with Crippen LogP contribution >= 0.6 is 0 Å². The summed E-state index contributed by atoms with van der Waals surface area (Å²) < 4.78 is 16.7. The summed E-state index contributed by atoms with van der Waals surface area (Å²) in [7, 11) is 0. The zero-order valence-electron chi connectivity index (χ0n) is 17.6. The number of rotatable bonds is 5. The van der Waals surface area contributed by atoms with E-state index in [2.05, 4.69) is 17.1 Å². The molecule has 0 spiro atoms. The van der Waals surface area contributed by atoms with Crippen LogP contribution in [0.25, 0.3) is 11.4 Å². The highest BCUT2D eigenvalue weighted by Gasteiger charge is 2.25. The Labute approximate surface area is 186 Å². The fourth-order valence-electron chi connectivity index (χ4n) is 3.80. The molecule has 0 amide bonds. The molecular weight excluding hydrogens is 408 g/mol. The van der Waals surface area contributed by atoms with Gasteiger partial charge in [0.25, 0.3) is 0 Å². The van der Waals surface area contributed by atoms with Crippen LogP contribution in [0.4, 0.5) is 11.6 Å². The van der Waals surface area contributed by atoms with Crippen molar-refractivity contribution in [1.82, 2.24) is 9.97 Å². The van der Waals surface area contributed by atoms with Gasteiger partial charge in [0.2, 0.25) is 5.88 Å². The summed E-state index contributed by atoms with van der Waals surface area (Å²) in [6.07, 6.45) is 12.5. The van der Waals surface area contributed by atoms with Gasteiger partial charge in [-0.2, -0.15) is 0 Å². The number of anilines is 2. The lowest BCUT2D eigenvalue weighted by molar-refractivity contribution is 0.122. The van der Waals surface area contributed by atoms with Gasteiger partial charge in [0, 0.05) is 30.4 Å². The molecule has 2 aromatic rings. The molecule has 3 aliphatic rings. The number of allylic oxidation sites excluding steroid dienone is 4. The molecule has 1 N–H and O–H groups in total. The number of morpholine rings is 1. The average Bonchev–Trinajstić information content (AvgIpc) is 2.86. The van der Waals surface area contributed by atoms with Crippen LogP contribution in [-0.4, -0.2) is 41.4 Å². The topological polar surface area (TPSA) is 80.2 Å². The SMILES string of the molecule is Oc1cccc(-c2nc(N3CCOCC3)cc(N(C3=CC=CCC3)C3=COC=CO3)n2)c1. The summed E-state index contributed by atoms with van der Waals surface area (Å²) in [5.74, 6) is 2.65. The number of hydrogen-bond acceptors (Lipinski definition) is 8. The molecule has 0 radical (unpaired) electrons. The highest BCUT2D eigenvalue weighted by Crippen LogP contribution is 2.33. The van der Waals surface area contributed by atoms with Crippen LogP contribution < -0.4 is 9.80 Å². The van der Waals surface area contributed by atoms with Crippen LogP contribution in [0, 0.1) is 0 Å². The van der Waals surface area contributed by atoms with E-state index in [-0.39, 0.29) is 5.75 Å². The minimum absolute atomic E-state index is 0.165. The van der Waals surface area contributed by atoms with Crippen molar-refractivity contribution in [1.29, 1.82) is 0 Å². The first-order valence-electron chi connectivity index (χ1n) is 10.6.